The third kappa shape index (κ3) is 7.33. The van der Waals surface area contributed by atoms with Crippen LogP contribution in [0.4, 0.5) is 10.6 Å². The Morgan fingerprint density at radius 3 is 2.49 bits per heavy atom. The summed E-state index contributed by atoms with van der Waals surface area (Å²) < 4.78 is 6.71. The number of halogens is 1. The molecule has 2 aromatic heterocycles. The van der Waals surface area contributed by atoms with Gasteiger partial charge in [0.2, 0.25) is 0 Å². The molecular weight excluding hydrogens is 466 g/mol. The van der Waals surface area contributed by atoms with Crippen molar-refractivity contribution >= 4 is 29.4 Å². The first-order valence-electron chi connectivity index (χ1n) is 11.1. The molecule has 0 saturated heterocycles. The molecule has 1 unspecified atom stereocenters. The van der Waals surface area contributed by atoms with Gasteiger partial charge in [-0.2, -0.15) is 5.10 Å². The summed E-state index contributed by atoms with van der Waals surface area (Å²) in [6.07, 6.45) is 2.44. The number of nitrogens with one attached hydrogen (secondary N) is 2. The molecule has 1 atom stereocenters. The van der Waals surface area contributed by atoms with Crippen LogP contribution >= 0.6 is 11.6 Å². The zero-order valence-corrected chi connectivity index (χ0v) is 21.1. The molecular formula is C26H28ClN5O3. The average molecular weight is 494 g/mol. The van der Waals surface area contributed by atoms with E-state index in [-0.39, 0.29) is 23.3 Å². The normalized spacial score (nSPS) is 11.7. The van der Waals surface area contributed by atoms with E-state index in [2.05, 4.69) is 32.6 Å². The van der Waals surface area contributed by atoms with Crippen molar-refractivity contribution in [2.45, 2.75) is 46.3 Å². The van der Waals surface area contributed by atoms with Gasteiger partial charge in [0.25, 0.3) is 5.91 Å². The molecule has 0 aliphatic rings. The number of hydrogen-bond donors (Lipinski definition) is 2. The van der Waals surface area contributed by atoms with Crippen molar-refractivity contribution in [2.75, 3.05) is 11.9 Å². The van der Waals surface area contributed by atoms with Gasteiger partial charge in [-0.15, -0.1) is 0 Å². The van der Waals surface area contributed by atoms with Gasteiger partial charge in [-0.1, -0.05) is 41.6 Å². The predicted octanol–water partition coefficient (Wildman–Crippen LogP) is 4.98. The van der Waals surface area contributed by atoms with Crippen molar-refractivity contribution in [1.82, 2.24) is 20.1 Å². The second-order valence-corrected chi connectivity index (χ2v) is 9.38. The molecule has 0 saturated carbocycles. The summed E-state index contributed by atoms with van der Waals surface area (Å²) in [5, 5.41) is 9.87. The van der Waals surface area contributed by atoms with Crippen LogP contribution in [0.15, 0.2) is 48.8 Å². The zero-order chi connectivity index (χ0) is 25.6. The number of anilines is 1. The molecule has 0 aliphatic heterocycles. The molecule has 2 N–H and O–H groups in total. The van der Waals surface area contributed by atoms with Gasteiger partial charge in [0.05, 0.1) is 17.3 Å². The number of benzene rings is 1. The molecule has 1 aromatic carbocycles. The molecule has 0 aliphatic carbocycles. The standard InChI is InChI=1S/C26H28ClN5O3/c1-17-13-20(12-11-19-9-7-6-8-10-19)15-28-23(17)31-24(33)22-21(27)16-30-32(22)18(2)14-29-25(34)35-26(3,4)5/h6-10,13,15-16,18H,14H2,1-5H3,(H,29,34)(H,28,31,33). The highest BCUT2D eigenvalue weighted by Gasteiger charge is 2.23. The number of carbonyl (C=O) groups is 2. The maximum absolute atomic E-state index is 13.1. The molecule has 0 radical (unpaired) electrons. The fraction of sp³-hybridized carbons (Fsp3) is 0.308. The topological polar surface area (TPSA) is 98.1 Å². The first-order chi connectivity index (χ1) is 16.5. The quantitative estimate of drug-likeness (QED) is 0.488. The molecule has 182 valence electrons. The Hall–Kier alpha value is -3.83. The van der Waals surface area contributed by atoms with Gasteiger partial charge in [0.1, 0.15) is 17.1 Å². The molecule has 9 heteroatoms. The number of rotatable bonds is 5. The maximum atomic E-state index is 13.1. The van der Waals surface area contributed by atoms with Gasteiger partial charge in [0.15, 0.2) is 0 Å². The van der Waals surface area contributed by atoms with Crippen LogP contribution in [0, 0.1) is 18.8 Å². The van der Waals surface area contributed by atoms with E-state index < -0.39 is 17.6 Å². The number of amides is 2. The minimum absolute atomic E-state index is 0.166. The van der Waals surface area contributed by atoms with Crippen LogP contribution in [0.1, 0.15) is 60.9 Å². The molecule has 2 heterocycles. The zero-order valence-electron chi connectivity index (χ0n) is 20.3. The largest absolute Gasteiger partial charge is 0.444 e. The number of pyridine rings is 1. The SMILES string of the molecule is Cc1cc(C#Cc2ccccc2)cnc1NC(=O)c1c(Cl)cnn1C(C)CNC(=O)OC(C)(C)C. The van der Waals surface area contributed by atoms with Gasteiger partial charge in [0, 0.05) is 23.9 Å². The number of alkyl carbamates (subject to hydrolysis) is 1. The minimum atomic E-state index is -0.610. The fourth-order valence-corrected chi connectivity index (χ4v) is 3.34. The van der Waals surface area contributed by atoms with Crippen molar-refractivity contribution in [3.8, 4) is 11.8 Å². The minimum Gasteiger partial charge on any atom is -0.444 e. The van der Waals surface area contributed by atoms with Crippen molar-refractivity contribution < 1.29 is 14.3 Å². The number of aryl methyl sites for hydroxylation is 1. The lowest BCUT2D eigenvalue weighted by Gasteiger charge is -2.21. The Morgan fingerprint density at radius 1 is 1.14 bits per heavy atom. The Morgan fingerprint density at radius 2 is 1.83 bits per heavy atom. The van der Waals surface area contributed by atoms with Crippen LogP contribution in [0.2, 0.25) is 5.02 Å². The van der Waals surface area contributed by atoms with Crippen molar-refractivity contribution in [1.29, 1.82) is 0 Å². The van der Waals surface area contributed by atoms with E-state index in [1.165, 1.54) is 10.9 Å². The second kappa shape index (κ2) is 11.1. The van der Waals surface area contributed by atoms with E-state index in [0.29, 0.717) is 5.82 Å². The molecule has 0 fully saturated rings. The summed E-state index contributed by atoms with van der Waals surface area (Å²) in [4.78, 5) is 29.4. The van der Waals surface area contributed by atoms with E-state index in [9.17, 15) is 9.59 Å². The molecule has 3 rings (SSSR count). The van der Waals surface area contributed by atoms with Crippen LogP contribution < -0.4 is 10.6 Å². The molecule has 0 spiro atoms. The van der Waals surface area contributed by atoms with Crippen molar-refractivity contribution in [3.63, 3.8) is 0 Å². The number of carbonyl (C=O) groups excluding carboxylic acids is 2. The summed E-state index contributed by atoms with van der Waals surface area (Å²) in [7, 11) is 0. The van der Waals surface area contributed by atoms with Crippen LogP contribution in [0.25, 0.3) is 0 Å². The molecule has 3 aromatic rings. The first kappa shape index (κ1) is 25.8. The lowest BCUT2D eigenvalue weighted by Crippen LogP contribution is -2.36. The Kier molecular flexibility index (Phi) is 8.15. The maximum Gasteiger partial charge on any atom is 0.407 e. The van der Waals surface area contributed by atoms with Crippen molar-refractivity contribution in [3.05, 3.63) is 76.2 Å². The third-order valence-electron chi connectivity index (χ3n) is 4.76. The summed E-state index contributed by atoms with van der Waals surface area (Å²) >= 11 is 6.27. The number of nitrogens with zero attached hydrogens (tertiary/aromatic N) is 3. The lowest BCUT2D eigenvalue weighted by atomic mass is 10.1. The van der Waals surface area contributed by atoms with Crippen LogP contribution in [-0.4, -0.2) is 38.9 Å². The van der Waals surface area contributed by atoms with Gasteiger partial charge >= 0.3 is 6.09 Å². The van der Waals surface area contributed by atoms with E-state index in [0.717, 1.165) is 16.7 Å². The lowest BCUT2D eigenvalue weighted by molar-refractivity contribution is 0.0520. The van der Waals surface area contributed by atoms with E-state index in [1.54, 1.807) is 33.9 Å². The smallest absolute Gasteiger partial charge is 0.407 e. The number of aromatic nitrogens is 3. The monoisotopic (exact) mass is 493 g/mol. The third-order valence-corrected chi connectivity index (χ3v) is 5.04. The highest BCUT2D eigenvalue weighted by molar-refractivity contribution is 6.34. The number of hydrogen-bond acceptors (Lipinski definition) is 5. The second-order valence-electron chi connectivity index (χ2n) is 8.98. The van der Waals surface area contributed by atoms with Crippen LogP contribution in [-0.2, 0) is 4.74 Å². The number of ether oxygens (including phenoxy) is 1. The summed E-state index contributed by atoms with van der Waals surface area (Å²) in [5.41, 5.74) is 1.94. The van der Waals surface area contributed by atoms with Gasteiger partial charge < -0.3 is 15.4 Å². The van der Waals surface area contributed by atoms with E-state index >= 15 is 0 Å². The van der Waals surface area contributed by atoms with E-state index in [4.69, 9.17) is 16.3 Å². The average Bonchev–Trinajstić information content (AvgIpc) is 3.19. The Labute approximate surface area is 210 Å². The van der Waals surface area contributed by atoms with Gasteiger partial charge in [-0.3, -0.25) is 9.48 Å². The Balaban J connectivity index is 1.70. The molecule has 0 bridgehead atoms. The van der Waals surface area contributed by atoms with Gasteiger partial charge in [-0.25, -0.2) is 9.78 Å². The molecule has 2 amide bonds. The molecule has 35 heavy (non-hydrogen) atoms. The molecule has 8 nitrogen and oxygen atoms in total. The van der Waals surface area contributed by atoms with Gasteiger partial charge in [-0.05, 0) is 58.4 Å². The van der Waals surface area contributed by atoms with E-state index in [1.807, 2.05) is 43.3 Å². The van der Waals surface area contributed by atoms with Crippen molar-refractivity contribution in [2.24, 2.45) is 0 Å². The summed E-state index contributed by atoms with van der Waals surface area (Å²) in [6.45, 7) is 9.18. The van der Waals surface area contributed by atoms with Crippen LogP contribution in [0.5, 0.6) is 0 Å². The van der Waals surface area contributed by atoms with Crippen LogP contribution in [0.3, 0.4) is 0 Å². The Bertz CT molecular complexity index is 1270. The highest BCUT2D eigenvalue weighted by atomic mass is 35.5. The predicted molar refractivity (Wildman–Crippen MR) is 136 cm³/mol. The highest BCUT2D eigenvalue weighted by Crippen LogP contribution is 2.21. The fourth-order valence-electron chi connectivity index (χ4n) is 3.13. The first-order valence-corrected chi connectivity index (χ1v) is 11.5. The summed E-state index contributed by atoms with van der Waals surface area (Å²) in [6, 6.07) is 11.1. The summed E-state index contributed by atoms with van der Waals surface area (Å²) in [5.74, 6) is 6.09.